The summed E-state index contributed by atoms with van der Waals surface area (Å²) in [5.74, 6) is 1.85. The zero-order valence-corrected chi connectivity index (χ0v) is 14.3. The Labute approximate surface area is 133 Å². The van der Waals surface area contributed by atoms with E-state index in [0.717, 1.165) is 11.7 Å². The molecule has 3 unspecified atom stereocenters. The Bertz CT molecular complexity index is 531. The predicted octanol–water partition coefficient (Wildman–Crippen LogP) is 5.59. The number of hydrogen-bond acceptors (Lipinski definition) is 2. The Morgan fingerprint density at radius 2 is 2.10 bits per heavy atom. The third kappa shape index (κ3) is 2.52. The molecule has 1 nitrogen and oxygen atoms in total. The second kappa shape index (κ2) is 5.39. The molecule has 2 saturated carbocycles. The molecule has 0 spiro atoms. The standard InChI is InChI=1S/C19H27NS/c1-5-12-21-16-9-7-6-8-15(16)20-17-18(2,3)14-10-11-19(17,4)13-14/h5-9,14,17,20H,1,10-13H2,2-4H3. The van der Waals surface area contributed by atoms with Crippen molar-refractivity contribution in [3.63, 3.8) is 0 Å². The van der Waals surface area contributed by atoms with Crippen LogP contribution in [0.5, 0.6) is 0 Å². The van der Waals surface area contributed by atoms with Crippen LogP contribution in [0, 0.1) is 16.7 Å². The average molecular weight is 301 g/mol. The Hall–Kier alpha value is -0.890. The molecule has 3 rings (SSSR count). The lowest BCUT2D eigenvalue weighted by molar-refractivity contribution is 0.155. The van der Waals surface area contributed by atoms with Crippen molar-refractivity contribution >= 4 is 17.4 Å². The normalized spacial score (nSPS) is 33.1. The summed E-state index contributed by atoms with van der Waals surface area (Å²) in [5, 5.41) is 3.93. The second-order valence-corrected chi connectivity index (χ2v) is 8.65. The monoisotopic (exact) mass is 301 g/mol. The molecule has 21 heavy (non-hydrogen) atoms. The maximum Gasteiger partial charge on any atom is 0.0481 e. The van der Waals surface area contributed by atoms with Gasteiger partial charge in [-0.1, -0.05) is 39.0 Å². The number of benzene rings is 1. The highest BCUT2D eigenvalue weighted by Gasteiger charge is 2.59. The van der Waals surface area contributed by atoms with Crippen molar-refractivity contribution in [2.75, 3.05) is 11.1 Å². The highest BCUT2D eigenvalue weighted by Crippen LogP contribution is 2.63. The summed E-state index contributed by atoms with van der Waals surface area (Å²) < 4.78 is 0. The first-order valence-corrected chi connectivity index (χ1v) is 9.05. The van der Waals surface area contributed by atoms with Crippen molar-refractivity contribution in [1.82, 2.24) is 0 Å². The van der Waals surface area contributed by atoms with Crippen LogP contribution in [0.2, 0.25) is 0 Å². The van der Waals surface area contributed by atoms with Crippen molar-refractivity contribution in [2.45, 2.75) is 51.0 Å². The first-order chi connectivity index (χ1) is 9.97. The number of rotatable bonds is 5. The molecule has 0 amide bonds. The second-order valence-electron chi connectivity index (χ2n) is 7.59. The Balaban J connectivity index is 1.85. The van der Waals surface area contributed by atoms with Crippen molar-refractivity contribution in [3.05, 3.63) is 36.9 Å². The minimum absolute atomic E-state index is 0.392. The van der Waals surface area contributed by atoms with Crippen LogP contribution in [0.3, 0.4) is 0 Å². The van der Waals surface area contributed by atoms with Crippen LogP contribution >= 0.6 is 11.8 Å². The number of fused-ring (bicyclic) bond motifs is 2. The summed E-state index contributed by atoms with van der Waals surface area (Å²) in [6.07, 6.45) is 6.15. The van der Waals surface area contributed by atoms with Gasteiger partial charge in [0.2, 0.25) is 0 Å². The topological polar surface area (TPSA) is 12.0 Å². The molecule has 2 heteroatoms. The zero-order valence-electron chi connectivity index (χ0n) is 13.5. The van der Waals surface area contributed by atoms with Gasteiger partial charge >= 0.3 is 0 Å². The Kier molecular flexibility index (Phi) is 3.85. The number of thioether (sulfide) groups is 1. The van der Waals surface area contributed by atoms with Crippen LogP contribution < -0.4 is 5.32 Å². The Morgan fingerprint density at radius 1 is 1.33 bits per heavy atom. The van der Waals surface area contributed by atoms with E-state index in [1.807, 2.05) is 17.8 Å². The molecule has 0 heterocycles. The number of anilines is 1. The largest absolute Gasteiger partial charge is 0.380 e. The van der Waals surface area contributed by atoms with Crippen molar-refractivity contribution in [3.8, 4) is 0 Å². The summed E-state index contributed by atoms with van der Waals surface area (Å²) in [4.78, 5) is 1.35. The molecule has 2 fully saturated rings. The van der Waals surface area contributed by atoms with Gasteiger partial charge in [0.25, 0.3) is 0 Å². The smallest absolute Gasteiger partial charge is 0.0481 e. The fourth-order valence-electron chi connectivity index (χ4n) is 4.68. The van der Waals surface area contributed by atoms with Gasteiger partial charge in [-0.3, -0.25) is 0 Å². The highest BCUT2D eigenvalue weighted by atomic mass is 32.2. The van der Waals surface area contributed by atoms with E-state index in [9.17, 15) is 0 Å². The van der Waals surface area contributed by atoms with Gasteiger partial charge in [-0.05, 0) is 48.1 Å². The summed E-state index contributed by atoms with van der Waals surface area (Å²) in [6.45, 7) is 11.2. The molecular formula is C19H27NS. The van der Waals surface area contributed by atoms with Gasteiger partial charge in [0.15, 0.2) is 0 Å². The van der Waals surface area contributed by atoms with Crippen LogP contribution in [0.15, 0.2) is 41.8 Å². The summed E-state index contributed by atoms with van der Waals surface area (Å²) >= 11 is 1.87. The lowest BCUT2D eigenvalue weighted by Crippen LogP contribution is -2.45. The molecule has 2 bridgehead atoms. The van der Waals surface area contributed by atoms with Gasteiger partial charge in [0.1, 0.15) is 0 Å². The van der Waals surface area contributed by atoms with E-state index in [0.29, 0.717) is 16.9 Å². The molecule has 0 aliphatic heterocycles. The van der Waals surface area contributed by atoms with Crippen molar-refractivity contribution in [1.29, 1.82) is 0 Å². The fourth-order valence-corrected chi connectivity index (χ4v) is 5.43. The van der Waals surface area contributed by atoms with E-state index in [2.05, 4.69) is 56.9 Å². The lowest BCUT2D eigenvalue weighted by atomic mass is 9.68. The zero-order chi connectivity index (χ0) is 15.1. The number of nitrogens with one attached hydrogen (secondary N) is 1. The Morgan fingerprint density at radius 3 is 2.76 bits per heavy atom. The van der Waals surface area contributed by atoms with Crippen molar-refractivity contribution < 1.29 is 0 Å². The molecule has 0 aromatic heterocycles. The van der Waals surface area contributed by atoms with E-state index < -0.39 is 0 Å². The lowest BCUT2D eigenvalue weighted by Gasteiger charge is -2.44. The fraction of sp³-hybridized carbons (Fsp3) is 0.579. The number of para-hydroxylation sites is 1. The highest BCUT2D eigenvalue weighted by molar-refractivity contribution is 7.99. The maximum atomic E-state index is 3.93. The van der Waals surface area contributed by atoms with Crippen LogP contribution in [0.25, 0.3) is 0 Å². The summed E-state index contributed by atoms with van der Waals surface area (Å²) in [6, 6.07) is 9.30. The summed E-state index contributed by atoms with van der Waals surface area (Å²) in [7, 11) is 0. The molecule has 0 radical (unpaired) electrons. The third-order valence-electron chi connectivity index (χ3n) is 5.81. The molecule has 1 N–H and O–H groups in total. The van der Waals surface area contributed by atoms with Crippen LogP contribution in [0.1, 0.15) is 40.0 Å². The van der Waals surface area contributed by atoms with Gasteiger partial charge in [0.05, 0.1) is 0 Å². The van der Waals surface area contributed by atoms with E-state index >= 15 is 0 Å². The molecule has 3 atom stereocenters. The van der Waals surface area contributed by atoms with Crippen LogP contribution in [-0.2, 0) is 0 Å². The van der Waals surface area contributed by atoms with Gasteiger partial charge in [0, 0.05) is 22.4 Å². The molecule has 1 aromatic carbocycles. The first-order valence-electron chi connectivity index (χ1n) is 8.06. The quantitative estimate of drug-likeness (QED) is 0.562. The van der Waals surface area contributed by atoms with Gasteiger partial charge in [-0.25, -0.2) is 0 Å². The van der Waals surface area contributed by atoms with E-state index in [1.165, 1.54) is 29.8 Å². The van der Waals surface area contributed by atoms with E-state index in [-0.39, 0.29) is 0 Å². The molecule has 114 valence electrons. The SMILES string of the molecule is C=CCSc1ccccc1NC1C2(C)CCC(C2)C1(C)C. The average Bonchev–Trinajstić information content (AvgIpc) is 2.93. The molecule has 1 aromatic rings. The molecule has 2 aliphatic rings. The minimum atomic E-state index is 0.392. The minimum Gasteiger partial charge on any atom is -0.380 e. The van der Waals surface area contributed by atoms with E-state index in [1.54, 1.807) is 0 Å². The predicted molar refractivity (Wildman–Crippen MR) is 94.0 cm³/mol. The maximum absolute atomic E-state index is 3.93. The van der Waals surface area contributed by atoms with E-state index in [4.69, 9.17) is 0 Å². The van der Waals surface area contributed by atoms with Gasteiger partial charge < -0.3 is 5.32 Å². The summed E-state index contributed by atoms with van der Waals surface area (Å²) in [5.41, 5.74) is 2.16. The van der Waals surface area contributed by atoms with Gasteiger partial charge in [-0.2, -0.15) is 0 Å². The third-order valence-corrected chi connectivity index (χ3v) is 6.88. The van der Waals surface area contributed by atoms with Crippen LogP contribution in [0.4, 0.5) is 5.69 Å². The van der Waals surface area contributed by atoms with Gasteiger partial charge in [-0.15, -0.1) is 18.3 Å². The number of hydrogen-bond donors (Lipinski definition) is 1. The molecule has 2 aliphatic carbocycles. The molecular weight excluding hydrogens is 274 g/mol. The van der Waals surface area contributed by atoms with Crippen molar-refractivity contribution in [2.24, 2.45) is 16.7 Å². The molecule has 0 saturated heterocycles. The van der Waals surface area contributed by atoms with Crippen LogP contribution in [-0.4, -0.2) is 11.8 Å². The first kappa shape index (κ1) is 15.0.